The first-order valence-corrected chi connectivity index (χ1v) is 8.33. The molecule has 1 N–H and O–H groups in total. The van der Waals surface area contributed by atoms with Crippen molar-refractivity contribution in [3.05, 3.63) is 59.7 Å². The number of fused-ring (bicyclic) bond motifs is 1. The van der Waals surface area contributed by atoms with E-state index in [2.05, 4.69) is 49.5 Å². The Morgan fingerprint density at radius 3 is 2.82 bits per heavy atom. The molecule has 0 spiro atoms. The average Bonchev–Trinajstić information content (AvgIpc) is 2.52. The number of hydrogen-bond acceptors (Lipinski definition) is 1. The molecule has 0 aromatic heterocycles. The number of amides is 1. The van der Waals surface area contributed by atoms with Crippen molar-refractivity contribution >= 4 is 5.91 Å². The summed E-state index contributed by atoms with van der Waals surface area (Å²) in [5.74, 6) is 1.21. The average molecular weight is 297 g/mol. The van der Waals surface area contributed by atoms with Gasteiger partial charge in [0.1, 0.15) is 0 Å². The lowest BCUT2D eigenvalue weighted by Crippen LogP contribution is -2.25. The van der Waals surface area contributed by atoms with Gasteiger partial charge in [-0.15, -0.1) is 0 Å². The molecule has 2 heteroatoms. The molecule has 1 aliphatic rings. The van der Waals surface area contributed by atoms with Gasteiger partial charge in [0.15, 0.2) is 0 Å². The molecule has 0 bridgehead atoms. The Bertz CT molecular complexity index is 542. The molecule has 1 aromatic carbocycles. The van der Waals surface area contributed by atoms with E-state index < -0.39 is 0 Å². The Labute approximate surface area is 134 Å². The Morgan fingerprint density at radius 2 is 2.05 bits per heavy atom. The third-order valence-corrected chi connectivity index (χ3v) is 4.10. The fraction of sp³-hybridized carbons (Fsp3) is 0.450. The van der Waals surface area contributed by atoms with E-state index in [0.717, 1.165) is 18.9 Å². The Hall–Kier alpha value is -1.83. The van der Waals surface area contributed by atoms with Crippen molar-refractivity contribution in [2.75, 3.05) is 6.54 Å². The Kier molecular flexibility index (Phi) is 6.45. The molecule has 0 fully saturated rings. The van der Waals surface area contributed by atoms with Crippen molar-refractivity contribution in [3.63, 3.8) is 0 Å². The third-order valence-electron chi connectivity index (χ3n) is 4.10. The van der Waals surface area contributed by atoms with E-state index in [1.54, 1.807) is 6.08 Å². The van der Waals surface area contributed by atoms with Gasteiger partial charge in [0.05, 0.1) is 0 Å². The van der Waals surface area contributed by atoms with Crippen LogP contribution in [0.2, 0.25) is 0 Å². The Balaban J connectivity index is 1.71. The first-order valence-electron chi connectivity index (χ1n) is 8.33. The smallest absolute Gasteiger partial charge is 0.243 e. The van der Waals surface area contributed by atoms with E-state index in [4.69, 9.17) is 0 Å². The van der Waals surface area contributed by atoms with Crippen molar-refractivity contribution in [1.82, 2.24) is 5.32 Å². The third kappa shape index (κ3) is 5.51. The minimum absolute atomic E-state index is 0.00931. The van der Waals surface area contributed by atoms with E-state index in [1.165, 1.54) is 30.4 Å². The highest BCUT2D eigenvalue weighted by atomic mass is 16.1. The quantitative estimate of drug-likeness (QED) is 0.622. The lowest BCUT2D eigenvalue weighted by Gasteiger charge is -2.23. The summed E-state index contributed by atoms with van der Waals surface area (Å²) in [7, 11) is 0. The standard InChI is InChI=1S/C20H27NO/c1-16(2)15-21-20(22)11-5-3-4-8-17-12-13-18-9-6-7-10-19(18)14-17/h3-7,9-11,16-17H,8,12-15H2,1-2H3,(H,21,22)/b4-3+,11-5+. The second-order valence-corrected chi connectivity index (χ2v) is 6.54. The molecular weight excluding hydrogens is 270 g/mol. The molecule has 0 saturated heterocycles. The van der Waals surface area contributed by atoms with Crippen molar-refractivity contribution in [1.29, 1.82) is 0 Å². The zero-order valence-electron chi connectivity index (χ0n) is 13.7. The summed E-state index contributed by atoms with van der Waals surface area (Å²) in [5.41, 5.74) is 3.03. The van der Waals surface area contributed by atoms with Crippen molar-refractivity contribution in [3.8, 4) is 0 Å². The molecule has 22 heavy (non-hydrogen) atoms. The predicted molar refractivity (Wildman–Crippen MR) is 92.7 cm³/mol. The molecule has 1 atom stereocenters. The van der Waals surface area contributed by atoms with Gasteiger partial charge in [-0.3, -0.25) is 4.79 Å². The summed E-state index contributed by atoms with van der Waals surface area (Å²) in [6.45, 7) is 4.91. The highest BCUT2D eigenvalue weighted by Gasteiger charge is 2.16. The predicted octanol–water partition coefficient (Wildman–Crippen LogP) is 4.07. The molecule has 0 heterocycles. The molecule has 1 aromatic rings. The fourth-order valence-corrected chi connectivity index (χ4v) is 2.83. The number of rotatable bonds is 6. The fourth-order valence-electron chi connectivity index (χ4n) is 2.83. The van der Waals surface area contributed by atoms with Crippen molar-refractivity contribution < 1.29 is 4.79 Å². The van der Waals surface area contributed by atoms with Crippen LogP contribution in [0.15, 0.2) is 48.6 Å². The van der Waals surface area contributed by atoms with Gasteiger partial charge in [0, 0.05) is 12.6 Å². The number of carbonyl (C=O) groups is 1. The van der Waals surface area contributed by atoms with Crippen LogP contribution in [0.4, 0.5) is 0 Å². The molecule has 0 aliphatic heterocycles. The number of aryl methyl sites for hydroxylation is 1. The van der Waals surface area contributed by atoms with Gasteiger partial charge >= 0.3 is 0 Å². The molecular formula is C20H27NO. The Morgan fingerprint density at radius 1 is 1.27 bits per heavy atom. The maximum absolute atomic E-state index is 11.5. The van der Waals surface area contributed by atoms with E-state index >= 15 is 0 Å². The number of benzene rings is 1. The maximum atomic E-state index is 11.5. The van der Waals surface area contributed by atoms with Gasteiger partial charge in [0.25, 0.3) is 0 Å². The minimum Gasteiger partial charge on any atom is -0.352 e. The van der Waals surface area contributed by atoms with Gasteiger partial charge in [0.2, 0.25) is 5.91 Å². The normalized spacial score (nSPS) is 18.0. The van der Waals surface area contributed by atoms with Crippen molar-refractivity contribution in [2.45, 2.75) is 39.5 Å². The van der Waals surface area contributed by atoms with Gasteiger partial charge in [-0.2, -0.15) is 0 Å². The number of carbonyl (C=O) groups excluding carboxylic acids is 1. The zero-order valence-corrected chi connectivity index (χ0v) is 13.7. The van der Waals surface area contributed by atoms with Crippen LogP contribution < -0.4 is 5.32 Å². The molecule has 118 valence electrons. The van der Waals surface area contributed by atoms with Crippen LogP contribution in [0, 0.1) is 11.8 Å². The lowest BCUT2D eigenvalue weighted by atomic mass is 9.82. The summed E-state index contributed by atoms with van der Waals surface area (Å²) < 4.78 is 0. The summed E-state index contributed by atoms with van der Waals surface area (Å²) in [5, 5.41) is 2.87. The van der Waals surface area contributed by atoms with E-state index in [0.29, 0.717) is 5.92 Å². The van der Waals surface area contributed by atoms with Crippen LogP contribution in [0.1, 0.15) is 37.8 Å². The summed E-state index contributed by atoms with van der Waals surface area (Å²) in [6, 6.07) is 8.77. The van der Waals surface area contributed by atoms with E-state index in [9.17, 15) is 4.79 Å². The van der Waals surface area contributed by atoms with Crippen molar-refractivity contribution in [2.24, 2.45) is 11.8 Å². The topological polar surface area (TPSA) is 29.1 Å². The highest BCUT2D eigenvalue weighted by molar-refractivity contribution is 5.87. The van der Waals surface area contributed by atoms with Crippen LogP contribution >= 0.6 is 0 Å². The van der Waals surface area contributed by atoms with Gasteiger partial charge in [-0.25, -0.2) is 0 Å². The van der Waals surface area contributed by atoms with Gasteiger partial charge in [-0.1, -0.05) is 56.3 Å². The van der Waals surface area contributed by atoms with Gasteiger partial charge in [-0.05, 0) is 48.6 Å². The second-order valence-electron chi connectivity index (χ2n) is 6.54. The molecule has 0 saturated carbocycles. The van der Waals surface area contributed by atoms with E-state index in [1.807, 2.05) is 12.2 Å². The monoisotopic (exact) mass is 297 g/mol. The molecule has 1 amide bonds. The first kappa shape index (κ1) is 16.5. The second kappa shape index (κ2) is 8.57. The molecule has 1 aliphatic carbocycles. The number of nitrogens with one attached hydrogen (secondary N) is 1. The first-order chi connectivity index (χ1) is 10.6. The summed E-state index contributed by atoms with van der Waals surface area (Å²) in [6.07, 6.45) is 12.4. The van der Waals surface area contributed by atoms with Crippen LogP contribution in [0.3, 0.4) is 0 Å². The molecule has 2 rings (SSSR count). The molecule has 2 nitrogen and oxygen atoms in total. The van der Waals surface area contributed by atoms with E-state index in [-0.39, 0.29) is 5.91 Å². The van der Waals surface area contributed by atoms with Crippen LogP contribution in [-0.2, 0) is 17.6 Å². The highest BCUT2D eigenvalue weighted by Crippen LogP contribution is 2.27. The SMILES string of the molecule is CC(C)CNC(=O)/C=C/C=C/CC1CCc2ccccc2C1. The molecule has 0 radical (unpaired) electrons. The number of allylic oxidation sites excluding steroid dienone is 3. The maximum Gasteiger partial charge on any atom is 0.243 e. The number of hydrogen-bond donors (Lipinski definition) is 1. The van der Waals surface area contributed by atoms with Crippen LogP contribution in [0.5, 0.6) is 0 Å². The van der Waals surface area contributed by atoms with Crippen LogP contribution in [0.25, 0.3) is 0 Å². The lowest BCUT2D eigenvalue weighted by molar-refractivity contribution is -0.116. The largest absolute Gasteiger partial charge is 0.352 e. The zero-order chi connectivity index (χ0) is 15.8. The molecule has 1 unspecified atom stereocenters. The van der Waals surface area contributed by atoms with Crippen LogP contribution in [-0.4, -0.2) is 12.5 Å². The minimum atomic E-state index is -0.00931. The summed E-state index contributed by atoms with van der Waals surface area (Å²) in [4.78, 5) is 11.5. The summed E-state index contributed by atoms with van der Waals surface area (Å²) >= 11 is 0. The van der Waals surface area contributed by atoms with Gasteiger partial charge < -0.3 is 5.32 Å².